The highest BCUT2D eigenvalue weighted by Gasteiger charge is 2.09. The summed E-state index contributed by atoms with van der Waals surface area (Å²) >= 11 is 2.36. The molecule has 0 amide bonds. The van der Waals surface area contributed by atoms with Crippen LogP contribution >= 0.6 is 22.6 Å². The van der Waals surface area contributed by atoms with Gasteiger partial charge in [-0.1, -0.05) is 45.7 Å². The van der Waals surface area contributed by atoms with Crippen LogP contribution in [0.1, 0.15) is 51.6 Å². The molecule has 0 fully saturated rings. The van der Waals surface area contributed by atoms with Crippen molar-refractivity contribution in [1.82, 2.24) is 5.32 Å². The highest BCUT2D eigenvalue weighted by atomic mass is 127. The Morgan fingerprint density at radius 1 is 1.12 bits per heavy atom. The van der Waals surface area contributed by atoms with Gasteiger partial charge in [0.2, 0.25) is 0 Å². The Labute approximate surface area is 120 Å². The molecule has 1 nitrogen and oxygen atoms in total. The molecule has 0 aliphatic carbocycles. The molecule has 17 heavy (non-hydrogen) atoms. The lowest BCUT2D eigenvalue weighted by atomic mass is 9.98. The van der Waals surface area contributed by atoms with E-state index >= 15 is 0 Å². The van der Waals surface area contributed by atoms with Crippen molar-refractivity contribution < 1.29 is 0 Å². The Morgan fingerprint density at radius 3 is 2.29 bits per heavy atom. The van der Waals surface area contributed by atoms with Crippen molar-refractivity contribution in [3.63, 3.8) is 0 Å². The average molecular weight is 345 g/mol. The van der Waals surface area contributed by atoms with Gasteiger partial charge in [-0.15, -0.1) is 0 Å². The van der Waals surface area contributed by atoms with E-state index in [1.807, 2.05) is 0 Å². The van der Waals surface area contributed by atoms with Crippen molar-refractivity contribution >= 4 is 22.6 Å². The van der Waals surface area contributed by atoms with Crippen LogP contribution in [0.25, 0.3) is 0 Å². The van der Waals surface area contributed by atoms with Gasteiger partial charge < -0.3 is 5.32 Å². The molecule has 0 bridgehead atoms. The van der Waals surface area contributed by atoms with Crippen molar-refractivity contribution in [1.29, 1.82) is 0 Å². The molecule has 96 valence electrons. The molecule has 1 N–H and O–H groups in total. The minimum Gasteiger partial charge on any atom is -0.310 e. The molecular weight excluding hydrogens is 321 g/mol. The Hall–Kier alpha value is -0.0900. The van der Waals surface area contributed by atoms with E-state index in [2.05, 4.69) is 72.9 Å². The quantitative estimate of drug-likeness (QED) is 0.702. The molecule has 1 aromatic carbocycles. The summed E-state index contributed by atoms with van der Waals surface area (Å²) in [4.78, 5) is 0. The maximum Gasteiger partial charge on any atom is 0.0320 e. The smallest absolute Gasteiger partial charge is 0.0320 e. The van der Waals surface area contributed by atoms with Crippen molar-refractivity contribution in [2.75, 3.05) is 6.54 Å². The van der Waals surface area contributed by atoms with E-state index in [0.717, 1.165) is 12.5 Å². The van der Waals surface area contributed by atoms with Crippen molar-refractivity contribution in [3.05, 3.63) is 33.4 Å². The summed E-state index contributed by atoms with van der Waals surface area (Å²) in [5, 5.41) is 3.59. The third-order valence-corrected chi connectivity index (χ3v) is 3.72. The molecule has 1 rings (SSSR count). The van der Waals surface area contributed by atoms with Crippen LogP contribution in [-0.4, -0.2) is 6.54 Å². The largest absolute Gasteiger partial charge is 0.310 e. The first-order chi connectivity index (χ1) is 8.13. The molecule has 1 aromatic rings. The predicted octanol–water partition coefficient (Wildman–Crippen LogP) is 4.77. The molecule has 1 atom stereocenters. The lowest BCUT2D eigenvalue weighted by molar-refractivity contribution is 0.455. The summed E-state index contributed by atoms with van der Waals surface area (Å²) in [7, 11) is 0. The van der Waals surface area contributed by atoms with E-state index in [9.17, 15) is 0 Å². The van der Waals surface area contributed by atoms with Crippen molar-refractivity contribution in [3.8, 4) is 0 Å². The molecule has 1 unspecified atom stereocenters. The fourth-order valence-electron chi connectivity index (χ4n) is 2.06. The average Bonchev–Trinajstić information content (AvgIpc) is 2.29. The minimum absolute atomic E-state index is 0.524. The lowest BCUT2D eigenvalue weighted by Gasteiger charge is -2.19. The maximum absolute atomic E-state index is 3.59. The fourth-order valence-corrected chi connectivity index (χ4v) is 2.42. The summed E-state index contributed by atoms with van der Waals surface area (Å²) in [6.07, 6.45) is 3.88. The normalized spacial score (nSPS) is 13.0. The van der Waals surface area contributed by atoms with Gasteiger partial charge >= 0.3 is 0 Å². The van der Waals surface area contributed by atoms with Gasteiger partial charge in [0.05, 0.1) is 0 Å². The zero-order valence-corrected chi connectivity index (χ0v) is 13.3. The molecule has 0 heterocycles. The second kappa shape index (κ2) is 8.09. The number of nitrogens with one attached hydrogen (secondary N) is 1. The van der Waals surface area contributed by atoms with Crippen LogP contribution in [0.15, 0.2) is 24.3 Å². The van der Waals surface area contributed by atoms with Crippen LogP contribution in [0.5, 0.6) is 0 Å². The standard InChI is InChI=1S/C15H24IN/c1-4-17-15(7-5-6-12(2)3)13-8-10-14(16)11-9-13/h8-12,15,17H,4-7H2,1-3H3. The fraction of sp³-hybridized carbons (Fsp3) is 0.600. The van der Waals surface area contributed by atoms with E-state index in [4.69, 9.17) is 0 Å². The van der Waals surface area contributed by atoms with Crippen LogP contribution in [0.4, 0.5) is 0 Å². The lowest BCUT2D eigenvalue weighted by Crippen LogP contribution is -2.20. The molecule has 2 heteroatoms. The topological polar surface area (TPSA) is 12.0 Å². The van der Waals surface area contributed by atoms with E-state index in [-0.39, 0.29) is 0 Å². The molecule has 0 aliphatic heterocycles. The Balaban J connectivity index is 2.55. The van der Waals surface area contributed by atoms with Gasteiger partial charge in [0, 0.05) is 9.61 Å². The molecule has 0 saturated carbocycles. The van der Waals surface area contributed by atoms with Gasteiger partial charge in [-0.3, -0.25) is 0 Å². The second-order valence-corrected chi connectivity index (χ2v) is 6.23. The molecule has 0 radical (unpaired) electrons. The Morgan fingerprint density at radius 2 is 1.76 bits per heavy atom. The number of halogens is 1. The zero-order chi connectivity index (χ0) is 12.7. The number of hydrogen-bond donors (Lipinski definition) is 1. The molecular formula is C15H24IN. The van der Waals surface area contributed by atoms with Gasteiger partial charge in [0.1, 0.15) is 0 Å². The molecule has 0 saturated heterocycles. The predicted molar refractivity (Wildman–Crippen MR) is 84.3 cm³/mol. The number of hydrogen-bond acceptors (Lipinski definition) is 1. The van der Waals surface area contributed by atoms with Gasteiger partial charge in [-0.2, -0.15) is 0 Å². The summed E-state index contributed by atoms with van der Waals surface area (Å²) in [6, 6.07) is 9.43. The van der Waals surface area contributed by atoms with E-state index in [1.54, 1.807) is 0 Å². The van der Waals surface area contributed by atoms with E-state index in [1.165, 1.54) is 28.4 Å². The van der Waals surface area contributed by atoms with Crippen LogP contribution in [0.2, 0.25) is 0 Å². The SMILES string of the molecule is CCNC(CCCC(C)C)c1ccc(I)cc1. The first-order valence-corrected chi connectivity index (χ1v) is 7.70. The summed E-state index contributed by atoms with van der Waals surface area (Å²) in [5.41, 5.74) is 1.43. The molecule has 0 spiro atoms. The van der Waals surface area contributed by atoms with Crippen molar-refractivity contribution in [2.45, 2.75) is 46.1 Å². The Bertz CT molecular complexity index is 305. The van der Waals surface area contributed by atoms with Crippen molar-refractivity contribution in [2.24, 2.45) is 5.92 Å². The van der Waals surface area contributed by atoms with Gasteiger partial charge in [0.15, 0.2) is 0 Å². The van der Waals surface area contributed by atoms with Crippen LogP contribution in [0, 0.1) is 9.49 Å². The third-order valence-electron chi connectivity index (χ3n) is 3.00. The van der Waals surface area contributed by atoms with Crippen LogP contribution < -0.4 is 5.32 Å². The summed E-state index contributed by atoms with van der Waals surface area (Å²) in [5.74, 6) is 0.814. The third kappa shape index (κ3) is 5.87. The second-order valence-electron chi connectivity index (χ2n) is 4.99. The van der Waals surface area contributed by atoms with Crippen LogP contribution in [-0.2, 0) is 0 Å². The van der Waals surface area contributed by atoms with Gasteiger partial charge in [0.25, 0.3) is 0 Å². The first kappa shape index (κ1) is 15.0. The summed E-state index contributed by atoms with van der Waals surface area (Å²) in [6.45, 7) is 7.82. The van der Waals surface area contributed by atoms with Crippen LogP contribution in [0.3, 0.4) is 0 Å². The number of benzene rings is 1. The minimum atomic E-state index is 0.524. The van der Waals surface area contributed by atoms with E-state index in [0.29, 0.717) is 6.04 Å². The molecule has 0 aliphatic rings. The van der Waals surface area contributed by atoms with Gasteiger partial charge in [-0.25, -0.2) is 0 Å². The monoisotopic (exact) mass is 345 g/mol. The zero-order valence-electron chi connectivity index (χ0n) is 11.2. The first-order valence-electron chi connectivity index (χ1n) is 6.62. The summed E-state index contributed by atoms with van der Waals surface area (Å²) < 4.78 is 1.31. The highest BCUT2D eigenvalue weighted by molar-refractivity contribution is 14.1. The maximum atomic E-state index is 3.59. The van der Waals surface area contributed by atoms with Gasteiger partial charge in [-0.05, 0) is 59.2 Å². The Kier molecular flexibility index (Phi) is 7.12. The number of rotatable bonds is 7. The van der Waals surface area contributed by atoms with E-state index < -0.39 is 0 Å². The molecule has 0 aromatic heterocycles. The highest BCUT2D eigenvalue weighted by Crippen LogP contribution is 2.21.